The van der Waals surface area contributed by atoms with E-state index in [1.165, 1.54) is 0 Å². The predicted octanol–water partition coefficient (Wildman–Crippen LogP) is 1.11. The fourth-order valence-electron chi connectivity index (χ4n) is 0.836. The summed E-state index contributed by atoms with van der Waals surface area (Å²) < 4.78 is 5.32. The molecule has 0 heterocycles. The van der Waals surface area contributed by atoms with Gasteiger partial charge < -0.3 is 15.2 Å². The number of carboxylic acid groups (broad SMARTS) is 1. The lowest BCUT2D eigenvalue weighted by Crippen LogP contribution is -2.51. The third-order valence-corrected chi connectivity index (χ3v) is 2.25. The second-order valence-electron chi connectivity index (χ2n) is 4.12. The third kappa shape index (κ3) is 4.58. The molecular weight excluding hydrogens is 182 g/mol. The van der Waals surface area contributed by atoms with Gasteiger partial charge in [0.2, 0.25) is 0 Å². The van der Waals surface area contributed by atoms with Crippen molar-refractivity contribution in [3.05, 3.63) is 0 Å². The topological polar surface area (TPSA) is 58.6 Å². The Labute approximate surface area is 85.6 Å². The van der Waals surface area contributed by atoms with E-state index < -0.39 is 11.5 Å². The summed E-state index contributed by atoms with van der Waals surface area (Å²) in [6, 6.07) is 0. The molecule has 0 spiro atoms. The lowest BCUT2D eigenvalue weighted by Gasteiger charge is -2.23. The molecule has 0 saturated carbocycles. The number of aliphatic carboxylic acids is 1. The molecule has 0 rings (SSSR count). The molecule has 0 bridgehead atoms. The van der Waals surface area contributed by atoms with Crippen LogP contribution in [0.4, 0.5) is 0 Å². The Morgan fingerprint density at radius 3 is 2.50 bits per heavy atom. The van der Waals surface area contributed by atoms with Crippen LogP contribution >= 0.6 is 0 Å². The van der Waals surface area contributed by atoms with Crippen molar-refractivity contribution in [3.63, 3.8) is 0 Å². The van der Waals surface area contributed by atoms with Crippen LogP contribution < -0.4 is 5.32 Å². The Morgan fingerprint density at radius 1 is 1.57 bits per heavy atom. The molecule has 1 unspecified atom stereocenters. The monoisotopic (exact) mass is 203 g/mol. The Balaban J connectivity index is 3.79. The summed E-state index contributed by atoms with van der Waals surface area (Å²) in [5.41, 5.74) is -0.975. The van der Waals surface area contributed by atoms with Crippen LogP contribution in [-0.4, -0.2) is 36.9 Å². The summed E-state index contributed by atoms with van der Waals surface area (Å²) in [7, 11) is 1.62. The fraction of sp³-hybridized carbons (Fsp3) is 0.900. The molecular formula is C10H21NO3. The number of carboxylic acids is 1. The van der Waals surface area contributed by atoms with Crippen molar-refractivity contribution in [1.29, 1.82) is 0 Å². The first-order valence-corrected chi connectivity index (χ1v) is 4.92. The van der Waals surface area contributed by atoms with Gasteiger partial charge in [-0.25, -0.2) is 0 Å². The minimum Gasteiger partial charge on any atom is -0.480 e. The molecule has 0 aliphatic heterocycles. The van der Waals surface area contributed by atoms with Gasteiger partial charge in [0.25, 0.3) is 0 Å². The molecule has 0 amide bonds. The van der Waals surface area contributed by atoms with E-state index >= 15 is 0 Å². The van der Waals surface area contributed by atoms with Crippen molar-refractivity contribution in [2.24, 2.45) is 5.92 Å². The zero-order valence-corrected chi connectivity index (χ0v) is 9.46. The lowest BCUT2D eigenvalue weighted by atomic mass is 10.1. The molecule has 0 saturated heterocycles. The predicted molar refractivity (Wildman–Crippen MR) is 55.4 cm³/mol. The molecule has 0 aromatic carbocycles. The molecule has 1 atom stereocenters. The minimum atomic E-state index is -0.975. The maximum atomic E-state index is 10.8. The summed E-state index contributed by atoms with van der Waals surface area (Å²) >= 11 is 0. The van der Waals surface area contributed by atoms with Crippen molar-refractivity contribution >= 4 is 5.97 Å². The number of rotatable bonds is 7. The highest BCUT2D eigenvalue weighted by molar-refractivity contribution is 5.78. The molecule has 84 valence electrons. The maximum absolute atomic E-state index is 10.8. The van der Waals surface area contributed by atoms with Gasteiger partial charge in [0, 0.05) is 6.61 Å². The van der Waals surface area contributed by atoms with Gasteiger partial charge in [-0.15, -0.1) is 0 Å². The van der Waals surface area contributed by atoms with Crippen molar-refractivity contribution < 1.29 is 14.6 Å². The molecule has 0 fully saturated rings. The number of hydrogen-bond acceptors (Lipinski definition) is 3. The highest BCUT2D eigenvalue weighted by Crippen LogP contribution is 2.06. The van der Waals surface area contributed by atoms with Gasteiger partial charge in [-0.3, -0.25) is 4.79 Å². The summed E-state index contributed by atoms with van der Waals surface area (Å²) in [5.74, 6) is -0.301. The number of likely N-dealkylation sites (N-methyl/N-ethyl adjacent to an activating group) is 1. The highest BCUT2D eigenvalue weighted by Gasteiger charge is 2.31. The van der Waals surface area contributed by atoms with Gasteiger partial charge in [0.05, 0.1) is 6.61 Å². The van der Waals surface area contributed by atoms with E-state index in [0.29, 0.717) is 12.5 Å². The van der Waals surface area contributed by atoms with Gasteiger partial charge in [0.15, 0.2) is 0 Å². The average Bonchev–Trinajstić information content (AvgIpc) is 2.11. The Morgan fingerprint density at radius 2 is 2.14 bits per heavy atom. The van der Waals surface area contributed by atoms with Crippen LogP contribution in [0.5, 0.6) is 0 Å². The van der Waals surface area contributed by atoms with Crippen LogP contribution in [0.3, 0.4) is 0 Å². The number of ether oxygens (including phenoxy) is 1. The van der Waals surface area contributed by atoms with Crippen LogP contribution in [0.25, 0.3) is 0 Å². The van der Waals surface area contributed by atoms with E-state index in [-0.39, 0.29) is 6.61 Å². The molecule has 2 N–H and O–H groups in total. The Hall–Kier alpha value is -0.610. The first-order valence-electron chi connectivity index (χ1n) is 4.92. The largest absolute Gasteiger partial charge is 0.480 e. The average molecular weight is 203 g/mol. The minimum absolute atomic E-state index is 0.200. The first kappa shape index (κ1) is 13.4. The first-order chi connectivity index (χ1) is 6.42. The fourth-order valence-corrected chi connectivity index (χ4v) is 0.836. The summed E-state index contributed by atoms with van der Waals surface area (Å²) in [4.78, 5) is 10.8. The highest BCUT2D eigenvalue weighted by atomic mass is 16.5. The quantitative estimate of drug-likeness (QED) is 0.609. The summed E-state index contributed by atoms with van der Waals surface area (Å²) in [5, 5.41) is 11.6. The SMILES string of the molecule is CNC(C)(COCCC(C)C)C(=O)O. The van der Waals surface area contributed by atoms with Crippen LogP contribution in [-0.2, 0) is 9.53 Å². The third-order valence-electron chi connectivity index (χ3n) is 2.25. The molecule has 0 aromatic rings. The second-order valence-corrected chi connectivity index (χ2v) is 4.12. The normalized spacial score (nSPS) is 15.5. The Kier molecular flexibility index (Phi) is 5.72. The van der Waals surface area contributed by atoms with Crippen molar-refractivity contribution in [3.8, 4) is 0 Å². The zero-order chi connectivity index (χ0) is 11.2. The zero-order valence-electron chi connectivity index (χ0n) is 9.46. The molecule has 14 heavy (non-hydrogen) atoms. The van der Waals surface area contributed by atoms with E-state index in [2.05, 4.69) is 19.2 Å². The van der Waals surface area contributed by atoms with Crippen molar-refractivity contribution in [1.82, 2.24) is 5.32 Å². The Bertz CT molecular complexity index is 182. The van der Waals surface area contributed by atoms with E-state index in [4.69, 9.17) is 9.84 Å². The standard InChI is InChI=1S/C10H21NO3/c1-8(2)5-6-14-7-10(3,11-4)9(12)13/h8,11H,5-7H2,1-4H3,(H,12,13). The molecule has 0 aliphatic rings. The molecule has 4 nitrogen and oxygen atoms in total. The van der Waals surface area contributed by atoms with Crippen molar-refractivity contribution in [2.75, 3.05) is 20.3 Å². The molecule has 4 heteroatoms. The molecule has 0 aromatic heterocycles. The number of hydrogen-bond donors (Lipinski definition) is 2. The van der Waals surface area contributed by atoms with Gasteiger partial charge in [-0.2, -0.15) is 0 Å². The van der Waals surface area contributed by atoms with E-state index in [0.717, 1.165) is 6.42 Å². The van der Waals surface area contributed by atoms with Gasteiger partial charge in [-0.05, 0) is 26.3 Å². The number of carbonyl (C=O) groups is 1. The smallest absolute Gasteiger partial charge is 0.326 e. The maximum Gasteiger partial charge on any atom is 0.326 e. The molecule has 0 aliphatic carbocycles. The molecule has 0 radical (unpaired) electrons. The van der Waals surface area contributed by atoms with Crippen LogP contribution in [0.15, 0.2) is 0 Å². The van der Waals surface area contributed by atoms with Crippen LogP contribution in [0.2, 0.25) is 0 Å². The second kappa shape index (κ2) is 5.98. The number of nitrogens with one attached hydrogen (secondary N) is 1. The lowest BCUT2D eigenvalue weighted by molar-refractivity contribution is -0.146. The van der Waals surface area contributed by atoms with Gasteiger partial charge in [-0.1, -0.05) is 13.8 Å². The van der Waals surface area contributed by atoms with Crippen LogP contribution in [0, 0.1) is 5.92 Å². The van der Waals surface area contributed by atoms with Gasteiger partial charge in [0.1, 0.15) is 5.54 Å². The summed E-state index contributed by atoms with van der Waals surface area (Å²) in [6.07, 6.45) is 0.958. The van der Waals surface area contributed by atoms with Crippen LogP contribution in [0.1, 0.15) is 27.2 Å². The van der Waals surface area contributed by atoms with Crippen molar-refractivity contribution in [2.45, 2.75) is 32.7 Å². The van der Waals surface area contributed by atoms with E-state index in [1.807, 2.05) is 0 Å². The van der Waals surface area contributed by atoms with Gasteiger partial charge >= 0.3 is 5.97 Å². The summed E-state index contributed by atoms with van der Waals surface area (Å²) in [6.45, 7) is 6.65. The van der Waals surface area contributed by atoms with E-state index in [9.17, 15) is 4.79 Å². The van der Waals surface area contributed by atoms with E-state index in [1.54, 1.807) is 14.0 Å².